The number of thiazole rings is 1. The van der Waals surface area contributed by atoms with Gasteiger partial charge in [0.15, 0.2) is 16.5 Å². The number of nitrogens with zero attached hydrogens (tertiary/aromatic N) is 3. The molecule has 1 amide bonds. The zero-order valence-electron chi connectivity index (χ0n) is 17.2. The molecule has 1 spiro atoms. The van der Waals surface area contributed by atoms with Crippen molar-refractivity contribution in [3.05, 3.63) is 46.7 Å². The van der Waals surface area contributed by atoms with Crippen molar-refractivity contribution >= 4 is 22.2 Å². The van der Waals surface area contributed by atoms with Crippen LogP contribution >= 0.6 is 11.3 Å². The fraction of sp³-hybridized carbons (Fsp3) is 0.455. The van der Waals surface area contributed by atoms with E-state index in [-0.39, 0.29) is 11.5 Å². The number of hydrogen-bond acceptors (Lipinski definition) is 6. The summed E-state index contributed by atoms with van der Waals surface area (Å²) in [4.78, 5) is 20.3. The summed E-state index contributed by atoms with van der Waals surface area (Å²) >= 11 is 1.58. The lowest BCUT2D eigenvalue weighted by atomic mass is 9.79. The summed E-state index contributed by atoms with van der Waals surface area (Å²) < 4.78 is 19.3. The molecule has 0 N–H and O–H groups in total. The molecule has 0 unspecified atom stereocenters. The monoisotopic (exact) mass is 427 g/mol. The van der Waals surface area contributed by atoms with Gasteiger partial charge >= 0.3 is 0 Å². The van der Waals surface area contributed by atoms with Crippen molar-refractivity contribution in [3.63, 3.8) is 0 Å². The van der Waals surface area contributed by atoms with Gasteiger partial charge in [0, 0.05) is 30.9 Å². The first kappa shape index (κ1) is 19.4. The fourth-order valence-corrected chi connectivity index (χ4v) is 5.36. The predicted octanol–water partition coefficient (Wildman–Crippen LogP) is 3.05. The molecule has 0 radical (unpaired) electrons. The second kappa shape index (κ2) is 7.59. The second-order valence-electron chi connectivity index (χ2n) is 7.84. The van der Waals surface area contributed by atoms with Gasteiger partial charge in [0.25, 0.3) is 0 Å². The number of rotatable bonds is 4. The average molecular weight is 428 g/mol. The summed E-state index contributed by atoms with van der Waals surface area (Å²) in [5.74, 6) is 1.60. The van der Waals surface area contributed by atoms with Gasteiger partial charge in [0.1, 0.15) is 0 Å². The molecule has 2 aliphatic heterocycles. The number of carbonyl (C=O) groups excluding carboxylic acids is 1. The number of fused-ring (bicyclic) bond motifs is 3. The molecular formula is C22H25N3O4S. The Labute approximate surface area is 179 Å². The number of ether oxygens (including phenoxy) is 3. The number of aromatic nitrogens is 2. The number of methoxy groups -OCH3 is 2. The van der Waals surface area contributed by atoms with E-state index in [1.54, 1.807) is 25.6 Å². The van der Waals surface area contributed by atoms with Crippen molar-refractivity contribution in [2.24, 2.45) is 0 Å². The minimum absolute atomic E-state index is 0.124. The molecule has 0 saturated carbocycles. The number of amides is 1. The molecule has 1 aromatic carbocycles. The van der Waals surface area contributed by atoms with Crippen LogP contribution < -0.4 is 9.47 Å². The largest absolute Gasteiger partial charge is 0.493 e. The third-order valence-electron chi connectivity index (χ3n) is 6.25. The smallest absolute Gasteiger partial charge is 0.228 e. The van der Waals surface area contributed by atoms with Crippen molar-refractivity contribution in [3.8, 4) is 11.5 Å². The van der Waals surface area contributed by atoms with Crippen LogP contribution in [-0.4, -0.2) is 54.1 Å². The van der Waals surface area contributed by atoms with Gasteiger partial charge in [0.05, 0.1) is 38.5 Å². The van der Waals surface area contributed by atoms with Gasteiger partial charge < -0.3 is 19.1 Å². The lowest BCUT2D eigenvalue weighted by Gasteiger charge is -2.45. The average Bonchev–Trinajstić information content (AvgIpc) is 3.35. The van der Waals surface area contributed by atoms with Gasteiger partial charge in [-0.25, -0.2) is 4.98 Å². The molecule has 8 heteroatoms. The normalized spacial score (nSPS) is 17.9. The van der Waals surface area contributed by atoms with Gasteiger partial charge in [-0.2, -0.15) is 0 Å². The minimum Gasteiger partial charge on any atom is -0.493 e. The summed E-state index contributed by atoms with van der Waals surface area (Å²) in [7, 11) is 3.31. The number of imidazole rings is 1. The Kier molecular flexibility index (Phi) is 4.91. The number of hydrogen-bond donors (Lipinski definition) is 0. The Hall–Kier alpha value is -2.58. The van der Waals surface area contributed by atoms with Crippen LogP contribution in [0.1, 0.15) is 29.7 Å². The van der Waals surface area contributed by atoms with E-state index in [0.717, 1.165) is 41.4 Å². The maximum absolute atomic E-state index is 12.9. The Bertz CT molecular complexity index is 1050. The van der Waals surface area contributed by atoms with E-state index in [1.807, 2.05) is 27.1 Å². The molecule has 1 saturated heterocycles. The molecule has 5 rings (SSSR count). The highest BCUT2D eigenvalue weighted by Gasteiger charge is 2.42. The molecule has 0 atom stereocenters. The van der Waals surface area contributed by atoms with E-state index in [2.05, 4.69) is 17.1 Å². The highest BCUT2D eigenvalue weighted by Crippen LogP contribution is 2.45. The molecule has 7 nitrogen and oxygen atoms in total. The van der Waals surface area contributed by atoms with Crippen molar-refractivity contribution < 1.29 is 19.0 Å². The minimum atomic E-state index is -0.360. The summed E-state index contributed by atoms with van der Waals surface area (Å²) in [5, 5.41) is 1.99. The van der Waals surface area contributed by atoms with E-state index < -0.39 is 0 Å². The van der Waals surface area contributed by atoms with Gasteiger partial charge in [0.2, 0.25) is 5.91 Å². The van der Waals surface area contributed by atoms with Crippen molar-refractivity contribution in [2.45, 2.75) is 31.3 Å². The number of piperidine rings is 1. The number of carbonyl (C=O) groups is 1. The standard InChI is InChI=1S/C22H25N3O4S/c1-27-18-11-15-3-9-29-22(17(15)13-19(18)28-2)4-6-24(7-5-22)20(26)12-16-14-25-8-10-30-21(25)23-16/h8,10-11,13-14H,3-7,9,12H2,1-2H3. The third kappa shape index (κ3) is 3.24. The molecule has 158 valence electrons. The SMILES string of the molecule is COc1cc2c(cc1OC)C1(CCN(C(=O)Cc3cn4ccsc4n3)CC1)OCC2. The summed E-state index contributed by atoms with van der Waals surface area (Å²) in [6.07, 6.45) is 6.66. The van der Waals surface area contributed by atoms with E-state index in [0.29, 0.717) is 26.1 Å². The Balaban J connectivity index is 1.32. The highest BCUT2D eigenvalue weighted by atomic mass is 32.1. The second-order valence-corrected chi connectivity index (χ2v) is 8.71. The van der Waals surface area contributed by atoms with Gasteiger partial charge in [-0.15, -0.1) is 11.3 Å². The molecule has 1 fully saturated rings. The fourth-order valence-electron chi connectivity index (χ4n) is 4.65. The maximum Gasteiger partial charge on any atom is 0.228 e. The third-order valence-corrected chi connectivity index (χ3v) is 7.02. The first-order chi connectivity index (χ1) is 14.6. The van der Waals surface area contributed by atoms with E-state index in [9.17, 15) is 4.79 Å². The Morgan fingerprint density at radius 3 is 2.73 bits per heavy atom. The van der Waals surface area contributed by atoms with Crippen LogP contribution in [0, 0.1) is 0 Å². The van der Waals surface area contributed by atoms with Crippen LogP contribution in [0.15, 0.2) is 29.9 Å². The lowest BCUT2D eigenvalue weighted by molar-refractivity contribution is -0.140. The van der Waals surface area contributed by atoms with E-state index >= 15 is 0 Å². The van der Waals surface area contributed by atoms with E-state index in [1.165, 1.54) is 11.1 Å². The zero-order valence-corrected chi connectivity index (χ0v) is 18.0. The molecular weight excluding hydrogens is 402 g/mol. The quantitative estimate of drug-likeness (QED) is 0.640. The molecule has 0 aliphatic carbocycles. The van der Waals surface area contributed by atoms with Crippen LogP contribution in [0.3, 0.4) is 0 Å². The van der Waals surface area contributed by atoms with Crippen LogP contribution in [0.2, 0.25) is 0 Å². The van der Waals surface area contributed by atoms with Crippen molar-refractivity contribution in [1.29, 1.82) is 0 Å². The molecule has 30 heavy (non-hydrogen) atoms. The summed E-state index contributed by atoms with van der Waals surface area (Å²) in [5.41, 5.74) is 2.88. The van der Waals surface area contributed by atoms with Crippen molar-refractivity contribution in [1.82, 2.24) is 14.3 Å². The first-order valence-corrected chi connectivity index (χ1v) is 11.1. The van der Waals surface area contributed by atoms with Crippen LogP contribution in [0.5, 0.6) is 11.5 Å². The zero-order chi connectivity index (χ0) is 20.7. The summed E-state index contributed by atoms with van der Waals surface area (Å²) in [6, 6.07) is 4.13. The molecule has 2 aliphatic rings. The van der Waals surface area contributed by atoms with Crippen molar-refractivity contribution in [2.75, 3.05) is 33.9 Å². The molecule has 3 aromatic rings. The van der Waals surface area contributed by atoms with Gasteiger partial charge in [-0.3, -0.25) is 9.20 Å². The molecule has 0 bridgehead atoms. The van der Waals surface area contributed by atoms with Gasteiger partial charge in [-0.05, 0) is 42.5 Å². The lowest BCUT2D eigenvalue weighted by Crippen LogP contribution is -2.48. The Morgan fingerprint density at radius 1 is 1.23 bits per heavy atom. The molecule has 4 heterocycles. The highest BCUT2D eigenvalue weighted by molar-refractivity contribution is 7.15. The van der Waals surface area contributed by atoms with Crippen LogP contribution in [0.25, 0.3) is 4.96 Å². The predicted molar refractivity (Wildman–Crippen MR) is 113 cm³/mol. The molecule has 2 aromatic heterocycles. The maximum atomic E-state index is 12.9. The Morgan fingerprint density at radius 2 is 2.00 bits per heavy atom. The number of benzene rings is 1. The summed E-state index contributed by atoms with van der Waals surface area (Å²) in [6.45, 7) is 2.03. The topological polar surface area (TPSA) is 65.3 Å². The van der Waals surface area contributed by atoms with E-state index in [4.69, 9.17) is 14.2 Å². The van der Waals surface area contributed by atoms with Gasteiger partial charge in [-0.1, -0.05) is 0 Å². The first-order valence-electron chi connectivity index (χ1n) is 10.2. The number of likely N-dealkylation sites (tertiary alicyclic amines) is 1. The van der Waals surface area contributed by atoms with Crippen LogP contribution in [0.4, 0.5) is 0 Å². The van der Waals surface area contributed by atoms with Crippen LogP contribution in [-0.2, 0) is 28.0 Å².